The Morgan fingerprint density at radius 1 is 1.10 bits per heavy atom. The summed E-state index contributed by atoms with van der Waals surface area (Å²) in [5.41, 5.74) is 2.76. The van der Waals surface area contributed by atoms with E-state index in [0.717, 1.165) is 16.7 Å². The molecule has 0 aliphatic carbocycles. The van der Waals surface area contributed by atoms with Gasteiger partial charge in [-0.15, -0.1) is 0 Å². The number of benzene rings is 1. The number of hydrogen-bond acceptors (Lipinski definition) is 3. The summed E-state index contributed by atoms with van der Waals surface area (Å²) in [6.45, 7) is 2.28. The molecule has 0 saturated heterocycles. The predicted molar refractivity (Wildman–Crippen MR) is 79.5 cm³/mol. The van der Waals surface area contributed by atoms with Crippen molar-refractivity contribution in [2.75, 3.05) is 7.05 Å². The molecule has 2 aromatic rings. The molecule has 0 aliphatic heterocycles. The summed E-state index contributed by atoms with van der Waals surface area (Å²) in [5.74, 6) is 0.0290. The highest BCUT2D eigenvalue weighted by Gasteiger charge is 2.19. The summed E-state index contributed by atoms with van der Waals surface area (Å²) < 4.78 is 26.1. The summed E-state index contributed by atoms with van der Waals surface area (Å²) in [5, 5.41) is 0. The number of aryl methyl sites for hydroxylation is 1. The molecule has 1 aromatic carbocycles. The van der Waals surface area contributed by atoms with Crippen LogP contribution in [0.15, 0.2) is 48.8 Å². The molecule has 2 rings (SSSR count). The van der Waals surface area contributed by atoms with Gasteiger partial charge in [0, 0.05) is 26.0 Å². The maximum Gasteiger partial charge on any atom is 0.218 e. The largest absolute Gasteiger partial charge is 0.265 e. The van der Waals surface area contributed by atoms with E-state index in [1.54, 1.807) is 19.4 Å². The fourth-order valence-corrected chi connectivity index (χ4v) is 3.21. The van der Waals surface area contributed by atoms with Crippen LogP contribution in [0.5, 0.6) is 0 Å². The minimum Gasteiger partial charge on any atom is -0.265 e. The van der Waals surface area contributed by atoms with E-state index >= 15 is 0 Å². The third-order valence-electron chi connectivity index (χ3n) is 3.23. The lowest BCUT2D eigenvalue weighted by Gasteiger charge is -2.18. The van der Waals surface area contributed by atoms with E-state index in [1.807, 2.05) is 43.3 Å². The first-order chi connectivity index (χ1) is 9.49. The maximum absolute atomic E-state index is 12.4. The van der Waals surface area contributed by atoms with Gasteiger partial charge < -0.3 is 0 Å². The fourth-order valence-electron chi connectivity index (χ4n) is 1.92. The van der Waals surface area contributed by atoms with Crippen molar-refractivity contribution in [3.63, 3.8) is 0 Å². The van der Waals surface area contributed by atoms with Gasteiger partial charge in [-0.05, 0) is 35.7 Å². The van der Waals surface area contributed by atoms with Crippen molar-refractivity contribution in [1.29, 1.82) is 0 Å². The standard InChI is InChI=1S/C15H18N2O2S/c1-13-5-3-4-6-15(13)12-20(18,19)17(2)11-14-7-9-16-10-8-14/h3-10H,11-12H2,1-2H3. The van der Waals surface area contributed by atoms with Crippen molar-refractivity contribution in [1.82, 2.24) is 9.29 Å². The smallest absolute Gasteiger partial charge is 0.218 e. The first-order valence-corrected chi connectivity index (χ1v) is 7.97. The molecule has 0 fully saturated rings. The van der Waals surface area contributed by atoms with Crippen molar-refractivity contribution >= 4 is 10.0 Å². The molecule has 5 heteroatoms. The molecule has 1 heterocycles. The van der Waals surface area contributed by atoms with Gasteiger partial charge in [0.05, 0.1) is 5.75 Å². The zero-order chi connectivity index (χ0) is 14.6. The number of aromatic nitrogens is 1. The first kappa shape index (κ1) is 14.7. The minimum absolute atomic E-state index is 0.0290. The van der Waals surface area contributed by atoms with Crippen LogP contribution < -0.4 is 0 Å². The van der Waals surface area contributed by atoms with E-state index < -0.39 is 10.0 Å². The number of sulfonamides is 1. The van der Waals surface area contributed by atoms with E-state index in [9.17, 15) is 8.42 Å². The molecule has 20 heavy (non-hydrogen) atoms. The molecule has 0 atom stereocenters. The first-order valence-electron chi connectivity index (χ1n) is 6.36. The van der Waals surface area contributed by atoms with Gasteiger partial charge in [0.25, 0.3) is 0 Å². The fraction of sp³-hybridized carbons (Fsp3) is 0.267. The van der Waals surface area contributed by atoms with Crippen molar-refractivity contribution in [3.05, 3.63) is 65.5 Å². The highest BCUT2D eigenvalue weighted by atomic mass is 32.2. The molecule has 0 saturated carbocycles. The van der Waals surface area contributed by atoms with E-state index in [2.05, 4.69) is 4.98 Å². The van der Waals surface area contributed by atoms with Crippen LogP contribution in [0, 0.1) is 6.92 Å². The molecule has 0 amide bonds. The van der Waals surface area contributed by atoms with Crippen LogP contribution in [0.2, 0.25) is 0 Å². The van der Waals surface area contributed by atoms with Crippen LogP contribution in [0.1, 0.15) is 16.7 Å². The van der Waals surface area contributed by atoms with Crippen molar-refractivity contribution in [3.8, 4) is 0 Å². The molecule has 0 bridgehead atoms. The lowest BCUT2D eigenvalue weighted by molar-refractivity contribution is 0.465. The average Bonchev–Trinajstić information content (AvgIpc) is 2.42. The number of rotatable bonds is 5. The van der Waals surface area contributed by atoms with Crippen LogP contribution in [-0.2, 0) is 22.3 Å². The van der Waals surface area contributed by atoms with Crippen LogP contribution in [0.4, 0.5) is 0 Å². The molecular weight excluding hydrogens is 272 g/mol. The second-order valence-electron chi connectivity index (χ2n) is 4.79. The Kier molecular flexibility index (Phi) is 4.52. The molecule has 106 valence electrons. The normalized spacial score (nSPS) is 11.8. The Hall–Kier alpha value is -1.72. The highest BCUT2D eigenvalue weighted by molar-refractivity contribution is 7.88. The lowest BCUT2D eigenvalue weighted by atomic mass is 10.1. The molecule has 1 aromatic heterocycles. The zero-order valence-electron chi connectivity index (χ0n) is 11.7. The van der Waals surface area contributed by atoms with Crippen molar-refractivity contribution in [2.24, 2.45) is 0 Å². The molecule has 0 radical (unpaired) electrons. The summed E-state index contributed by atoms with van der Waals surface area (Å²) >= 11 is 0. The predicted octanol–water partition coefficient (Wildman–Crippen LogP) is 2.35. The van der Waals surface area contributed by atoms with Gasteiger partial charge in [-0.25, -0.2) is 12.7 Å². The number of nitrogens with zero attached hydrogens (tertiary/aromatic N) is 2. The summed E-state index contributed by atoms with van der Waals surface area (Å²) in [6.07, 6.45) is 3.33. The Labute approximate surface area is 120 Å². The Balaban J connectivity index is 2.12. The average molecular weight is 290 g/mol. The van der Waals surface area contributed by atoms with Gasteiger partial charge in [0.15, 0.2) is 0 Å². The zero-order valence-corrected chi connectivity index (χ0v) is 12.5. The second-order valence-corrected chi connectivity index (χ2v) is 6.87. The molecule has 0 aliphatic rings. The third kappa shape index (κ3) is 3.65. The van der Waals surface area contributed by atoms with Gasteiger partial charge >= 0.3 is 0 Å². The summed E-state index contributed by atoms with van der Waals surface area (Å²) in [7, 11) is -1.72. The van der Waals surface area contributed by atoms with Crippen LogP contribution >= 0.6 is 0 Å². The van der Waals surface area contributed by atoms with E-state index in [-0.39, 0.29) is 5.75 Å². The van der Waals surface area contributed by atoms with Crippen molar-refractivity contribution < 1.29 is 8.42 Å². The number of pyridine rings is 1. The molecule has 0 N–H and O–H groups in total. The minimum atomic E-state index is -3.32. The highest BCUT2D eigenvalue weighted by Crippen LogP contribution is 2.15. The van der Waals surface area contributed by atoms with Crippen molar-refractivity contribution in [2.45, 2.75) is 19.2 Å². The Morgan fingerprint density at radius 3 is 2.40 bits per heavy atom. The SMILES string of the molecule is Cc1ccccc1CS(=O)(=O)N(C)Cc1ccncc1. The molecule has 0 unspecified atom stereocenters. The summed E-state index contributed by atoms with van der Waals surface area (Å²) in [4.78, 5) is 3.93. The lowest BCUT2D eigenvalue weighted by Crippen LogP contribution is -2.28. The Morgan fingerprint density at radius 2 is 1.75 bits per heavy atom. The maximum atomic E-state index is 12.4. The van der Waals surface area contributed by atoms with Gasteiger partial charge in [-0.2, -0.15) is 0 Å². The molecule has 0 spiro atoms. The second kappa shape index (κ2) is 6.15. The van der Waals surface area contributed by atoms with Gasteiger partial charge in [-0.1, -0.05) is 24.3 Å². The van der Waals surface area contributed by atoms with E-state index in [1.165, 1.54) is 4.31 Å². The van der Waals surface area contributed by atoms with Gasteiger partial charge in [-0.3, -0.25) is 4.98 Å². The van der Waals surface area contributed by atoms with E-state index in [4.69, 9.17) is 0 Å². The quantitative estimate of drug-likeness (QED) is 0.849. The molecule has 4 nitrogen and oxygen atoms in total. The van der Waals surface area contributed by atoms with Crippen LogP contribution in [-0.4, -0.2) is 24.8 Å². The van der Waals surface area contributed by atoms with Crippen LogP contribution in [0.25, 0.3) is 0 Å². The molecular formula is C15H18N2O2S. The third-order valence-corrected chi connectivity index (χ3v) is 4.98. The van der Waals surface area contributed by atoms with E-state index in [0.29, 0.717) is 6.54 Å². The monoisotopic (exact) mass is 290 g/mol. The van der Waals surface area contributed by atoms with Gasteiger partial charge in [0.2, 0.25) is 10.0 Å². The Bertz CT molecular complexity index is 669. The topological polar surface area (TPSA) is 50.3 Å². The summed E-state index contributed by atoms with van der Waals surface area (Å²) in [6, 6.07) is 11.2. The van der Waals surface area contributed by atoms with Gasteiger partial charge in [0.1, 0.15) is 0 Å². The number of hydrogen-bond donors (Lipinski definition) is 0. The van der Waals surface area contributed by atoms with Crippen LogP contribution in [0.3, 0.4) is 0 Å².